The predicted octanol–water partition coefficient (Wildman–Crippen LogP) is 5.58. The second-order valence-electron chi connectivity index (χ2n) is 8.69. The molecule has 0 aliphatic carbocycles. The first kappa shape index (κ1) is 26.3. The van der Waals surface area contributed by atoms with Gasteiger partial charge < -0.3 is 15.0 Å². The predicted molar refractivity (Wildman–Crippen MR) is 141 cm³/mol. The fourth-order valence-corrected chi connectivity index (χ4v) is 3.94. The van der Waals surface area contributed by atoms with Crippen molar-refractivity contribution in [3.05, 3.63) is 101 Å². The van der Waals surface area contributed by atoms with Crippen LogP contribution in [0.25, 0.3) is 0 Å². The Kier molecular flexibility index (Phi) is 9.74. The molecule has 0 bridgehead atoms. The number of rotatable bonds is 11. The number of halogens is 1. The molecule has 0 saturated heterocycles. The molecule has 2 atom stereocenters. The number of aryl methyl sites for hydroxylation is 1. The summed E-state index contributed by atoms with van der Waals surface area (Å²) in [4.78, 5) is 28.7. The molecule has 0 unspecified atom stereocenters. The normalized spacial score (nSPS) is 12.5. The largest absolute Gasteiger partial charge is 0.484 e. The molecule has 0 saturated carbocycles. The van der Waals surface area contributed by atoms with E-state index in [1.165, 1.54) is 0 Å². The number of amides is 2. The Bertz CT molecular complexity index is 1120. The van der Waals surface area contributed by atoms with Gasteiger partial charge in [0.05, 0.1) is 0 Å². The summed E-state index contributed by atoms with van der Waals surface area (Å²) in [6.07, 6.45) is 1.17. The second kappa shape index (κ2) is 13.0. The minimum Gasteiger partial charge on any atom is -0.484 e. The van der Waals surface area contributed by atoms with E-state index in [0.29, 0.717) is 17.2 Å². The van der Waals surface area contributed by atoms with Crippen LogP contribution in [0, 0.1) is 6.92 Å². The Morgan fingerprint density at radius 2 is 1.63 bits per heavy atom. The van der Waals surface area contributed by atoms with Crippen LogP contribution >= 0.6 is 11.6 Å². The number of ether oxygens (including phenoxy) is 1. The van der Waals surface area contributed by atoms with Crippen molar-refractivity contribution in [2.75, 3.05) is 6.61 Å². The highest BCUT2D eigenvalue weighted by molar-refractivity contribution is 6.31. The van der Waals surface area contributed by atoms with Crippen molar-refractivity contribution >= 4 is 23.4 Å². The van der Waals surface area contributed by atoms with Gasteiger partial charge in [0, 0.05) is 24.0 Å². The van der Waals surface area contributed by atoms with E-state index in [1.807, 2.05) is 93.6 Å². The summed E-state index contributed by atoms with van der Waals surface area (Å²) < 4.78 is 5.87. The summed E-state index contributed by atoms with van der Waals surface area (Å²) in [7, 11) is 0. The molecule has 2 amide bonds. The van der Waals surface area contributed by atoms with Gasteiger partial charge in [-0.15, -0.1) is 0 Å². The van der Waals surface area contributed by atoms with Gasteiger partial charge in [0.15, 0.2) is 6.61 Å². The molecule has 0 aliphatic heterocycles. The molecule has 3 aromatic carbocycles. The zero-order chi connectivity index (χ0) is 25.2. The number of nitrogens with zero attached hydrogens (tertiary/aromatic N) is 1. The van der Waals surface area contributed by atoms with E-state index >= 15 is 0 Å². The summed E-state index contributed by atoms with van der Waals surface area (Å²) in [5, 5.41) is 3.61. The third-order valence-electron chi connectivity index (χ3n) is 6.02. The van der Waals surface area contributed by atoms with Gasteiger partial charge in [-0.1, -0.05) is 85.3 Å². The molecule has 0 spiro atoms. The second-order valence-corrected chi connectivity index (χ2v) is 9.10. The molecule has 6 heteroatoms. The minimum atomic E-state index is -0.726. The van der Waals surface area contributed by atoms with Crippen LogP contribution in [0.1, 0.15) is 37.0 Å². The van der Waals surface area contributed by atoms with E-state index in [1.54, 1.807) is 11.0 Å². The molecule has 3 rings (SSSR count). The summed E-state index contributed by atoms with van der Waals surface area (Å²) in [6, 6.07) is 23.9. The van der Waals surface area contributed by atoms with Crippen LogP contribution in [0.3, 0.4) is 0 Å². The average molecular weight is 493 g/mol. The number of benzene rings is 3. The van der Waals surface area contributed by atoms with E-state index in [0.717, 1.165) is 23.1 Å². The SMILES string of the molecule is CC[C@H](C)NC(=O)[C@H](Cc1ccccc1)N(Cc1ccccc1Cl)C(=O)COc1ccccc1C. The highest BCUT2D eigenvalue weighted by atomic mass is 35.5. The Labute approximate surface area is 213 Å². The first-order chi connectivity index (χ1) is 16.9. The third kappa shape index (κ3) is 7.59. The van der Waals surface area contributed by atoms with Crippen molar-refractivity contribution in [2.45, 2.75) is 52.2 Å². The van der Waals surface area contributed by atoms with E-state index in [-0.39, 0.29) is 31.0 Å². The maximum atomic E-state index is 13.6. The monoisotopic (exact) mass is 492 g/mol. The first-order valence-corrected chi connectivity index (χ1v) is 12.3. The topological polar surface area (TPSA) is 58.6 Å². The van der Waals surface area contributed by atoms with Gasteiger partial charge in [0.1, 0.15) is 11.8 Å². The van der Waals surface area contributed by atoms with Crippen molar-refractivity contribution in [3.8, 4) is 5.75 Å². The summed E-state index contributed by atoms with van der Waals surface area (Å²) in [5.74, 6) is 0.162. The smallest absolute Gasteiger partial charge is 0.261 e. The lowest BCUT2D eigenvalue weighted by Crippen LogP contribution is -2.53. The Morgan fingerprint density at radius 1 is 0.971 bits per heavy atom. The fourth-order valence-electron chi connectivity index (χ4n) is 3.75. The Balaban J connectivity index is 1.93. The summed E-state index contributed by atoms with van der Waals surface area (Å²) >= 11 is 6.45. The standard InChI is InChI=1S/C29H33ClN2O3/c1-4-22(3)31-29(34)26(18-23-13-6-5-7-14-23)32(19-24-15-9-10-16-25(24)30)28(33)20-35-27-17-11-8-12-21(27)2/h5-17,22,26H,4,18-20H2,1-3H3,(H,31,34)/t22-,26-/m0/s1. The average Bonchev–Trinajstić information content (AvgIpc) is 2.87. The Morgan fingerprint density at radius 3 is 2.31 bits per heavy atom. The van der Waals surface area contributed by atoms with Gasteiger partial charge >= 0.3 is 0 Å². The van der Waals surface area contributed by atoms with Crippen molar-refractivity contribution in [1.29, 1.82) is 0 Å². The summed E-state index contributed by atoms with van der Waals surface area (Å²) in [6.45, 7) is 5.91. The van der Waals surface area contributed by atoms with Gasteiger partial charge in [-0.25, -0.2) is 0 Å². The van der Waals surface area contributed by atoms with Crippen LogP contribution in [-0.2, 0) is 22.6 Å². The molecule has 35 heavy (non-hydrogen) atoms. The van der Waals surface area contributed by atoms with Crippen LogP contribution in [-0.4, -0.2) is 35.4 Å². The van der Waals surface area contributed by atoms with E-state index < -0.39 is 6.04 Å². The minimum absolute atomic E-state index is 0.0127. The van der Waals surface area contributed by atoms with Gasteiger partial charge in [-0.2, -0.15) is 0 Å². The first-order valence-electron chi connectivity index (χ1n) is 11.9. The molecule has 0 aromatic heterocycles. The quantitative estimate of drug-likeness (QED) is 0.380. The molecule has 0 heterocycles. The van der Waals surface area contributed by atoms with Crippen LogP contribution < -0.4 is 10.1 Å². The zero-order valence-electron chi connectivity index (χ0n) is 20.5. The molecule has 0 fully saturated rings. The molecule has 0 aliphatic rings. The van der Waals surface area contributed by atoms with Gasteiger partial charge in [-0.05, 0) is 49.1 Å². The van der Waals surface area contributed by atoms with Crippen LogP contribution in [0.15, 0.2) is 78.9 Å². The number of carbonyl (C=O) groups excluding carboxylic acids is 2. The Hall–Kier alpha value is -3.31. The molecular formula is C29H33ClN2O3. The molecule has 0 radical (unpaired) electrons. The molecule has 1 N–H and O–H groups in total. The number of para-hydroxylation sites is 1. The number of carbonyl (C=O) groups is 2. The highest BCUT2D eigenvalue weighted by Crippen LogP contribution is 2.22. The lowest BCUT2D eigenvalue weighted by atomic mass is 10.0. The summed E-state index contributed by atoms with van der Waals surface area (Å²) in [5.41, 5.74) is 2.68. The number of nitrogens with one attached hydrogen (secondary N) is 1. The fraction of sp³-hybridized carbons (Fsp3) is 0.310. The van der Waals surface area contributed by atoms with Gasteiger partial charge in [-0.3, -0.25) is 9.59 Å². The van der Waals surface area contributed by atoms with E-state index in [9.17, 15) is 9.59 Å². The van der Waals surface area contributed by atoms with E-state index in [4.69, 9.17) is 16.3 Å². The van der Waals surface area contributed by atoms with Gasteiger partial charge in [0.25, 0.3) is 5.91 Å². The molecule has 3 aromatic rings. The molecule has 5 nitrogen and oxygen atoms in total. The van der Waals surface area contributed by atoms with Crippen LogP contribution in [0.5, 0.6) is 5.75 Å². The van der Waals surface area contributed by atoms with Crippen molar-refractivity contribution in [1.82, 2.24) is 10.2 Å². The van der Waals surface area contributed by atoms with Crippen molar-refractivity contribution in [2.24, 2.45) is 0 Å². The lowest BCUT2D eigenvalue weighted by Gasteiger charge is -2.32. The molecule has 184 valence electrons. The van der Waals surface area contributed by atoms with Crippen molar-refractivity contribution < 1.29 is 14.3 Å². The third-order valence-corrected chi connectivity index (χ3v) is 6.38. The van der Waals surface area contributed by atoms with Gasteiger partial charge in [0.2, 0.25) is 5.91 Å². The van der Waals surface area contributed by atoms with Crippen LogP contribution in [0.2, 0.25) is 5.02 Å². The highest BCUT2D eigenvalue weighted by Gasteiger charge is 2.31. The number of hydrogen-bond acceptors (Lipinski definition) is 3. The maximum absolute atomic E-state index is 13.6. The lowest BCUT2D eigenvalue weighted by molar-refractivity contribution is -0.143. The molecular weight excluding hydrogens is 460 g/mol. The van der Waals surface area contributed by atoms with Crippen LogP contribution in [0.4, 0.5) is 0 Å². The number of hydrogen-bond donors (Lipinski definition) is 1. The van der Waals surface area contributed by atoms with E-state index in [2.05, 4.69) is 5.32 Å². The van der Waals surface area contributed by atoms with Crippen molar-refractivity contribution in [3.63, 3.8) is 0 Å². The maximum Gasteiger partial charge on any atom is 0.261 e. The zero-order valence-corrected chi connectivity index (χ0v) is 21.3.